The topological polar surface area (TPSA) is 245 Å². The van der Waals surface area contributed by atoms with E-state index in [2.05, 4.69) is 20.8 Å². The standard InChI is InChI=1S/C27H43N9O5/c1-36(2)26(40)19(15-16-10-12-18(13-11-16)22(28)35-41)24(38)34-21(17-7-4-3-5-8-17)25(39)33-20(23(29)37)9-6-14-32-27(30)31/h10-13,17,19-21,41H,3-9,14-15H2,1-2H3,(H2,28,35)(H2,29,37)(H,33,39)(H,34,38)(H4,30,31,32)/t19?,20?,21-/m0/s1. The number of carbonyl (C=O) groups excluding carboxylic acids is 4. The summed E-state index contributed by atoms with van der Waals surface area (Å²) >= 11 is 0. The number of hydrogen-bond acceptors (Lipinski definition) is 7. The van der Waals surface area contributed by atoms with Gasteiger partial charge in [-0.2, -0.15) is 0 Å². The van der Waals surface area contributed by atoms with Crippen molar-refractivity contribution in [1.82, 2.24) is 15.5 Å². The fourth-order valence-corrected chi connectivity index (χ4v) is 4.88. The van der Waals surface area contributed by atoms with E-state index in [4.69, 9.17) is 28.1 Å². The van der Waals surface area contributed by atoms with Crippen molar-refractivity contribution in [2.75, 3.05) is 20.6 Å². The Kier molecular flexibility index (Phi) is 12.8. The second-order valence-electron chi connectivity index (χ2n) is 10.5. The number of aliphatic imine (C=N–C) groups is 1. The zero-order chi connectivity index (χ0) is 30.5. The Morgan fingerprint density at radius 2 is 1.61 bits per heavy atom. The highest BCUT2D eigenvalue weighted by molar-refractivity contribution is 6.02. The number of carbonyl (C=O) groups is 4. The smallest absolute Gasteiger partial charge is 0.243 e. The molecule has 0 bridgehead atoms. The highest BCUT2D eigenvalue weighted by Gasteiger charge is 2.36. The van der Waals surface area contributed by atoms with Crippen LogP contribution < -0.4 is 33.6 Å². The number of oxime groups is 1. The van der Waals surface area contributed by atoms with Gasteiger partial charge >= 0.3 is 0 Å². The van der Waals surface area contributed by atoms with Crippen LogP contribution >= 0.6 is 0 Å². The summed E-state index contributed by atoms with van der Waals surface area (Å²) in [5.74, 6) is -3.71. The van der Waals surface area contributed by atoms with E-state index in [9.17, 15) is 19.2 Å². The van der Waals surface area contributed by atoms with Crippen LogP contribution in [-0.4, -0.2) is 78.3 Å². The zero-order valence-electron chi connectivity index (χ0n) is 23.7. The number of hydrogen-bond donors (Lipinski definition) is 7. The van der Waals surface area contributed by atoms with Crippen molar-refractivity contribution in [2.45, 2.75) is 63.5 Å². The Labute approximate surface area is 239 Å². The van der Waals surface area contributed by atoms with E-state index in [1.165, 1.54) is 4.90 Å². The van der Waals surface area contributed by atoms with Gasteiger partial charge in [-0.15, -0.1) is 0 Å². The third kappa shape index (κ3) is 10.3. The Morgan fingerprint density at radius 1 is 0.976 bits per heavy atom. The van der Waals surface area contributed by atoms with Crippen LogP contribution in [0.25, 0.3) is 0 Å². The highest BCUT2D eigenvalue weighted by Crippen LogP contribution is 2.27. The average molecular weight is 574 g/mol. The first-order valence-electron chi connectivity index (χ1n) is 13.7. The largest absolute Gasteiger partial charge is 0.409 e. The molecule has 2 rings (SSSR count). The predicted molar refractivity (Wildman–Crippen MR) is 154 cm³/mol. The second-order valence-corrected chi connectivity index (χ2v) is 10.5. The van der Waals surface area contributed by atoms with Crippen LogP contribution in [0, 0.1) is 11.8 Å². The fourth-order valence-electron chi connectivity index (χ4n) is 4.88. The molecule has 0 aliphatic heterocycles. The maximum Gasteiger partial charge on any atom is 0.243 e. The summed E-state index contributed by atoms with van der Waals surface area (Å²) in [4.78, 5) is 57.5. The van der Waals surface area contributed by atoms with E-state index in [1.807, 2.05) is 0 Å². The van der Waals surface area contributed by atoms with Crippen molar-refractivity contribution in [2.24, 2.45) is 44.9 Å². The average Bonchev–Trinajstić information content (AvgIpc) is 2.95. The van der Waals surface area contributed by atoms with Crippen LogP contribution in [0.4, 0.5) is 0 Å². The number of amides is 4. The summed E-state index contributed by atoms with van der Waals surface area (Å²) < 4.78 is 0. The number of guanidine groups is 1. The molecule has 226 valence electrons. The number of rotatable bonds is 14. The first kappa shape index (κ1) is 32.8. The van der Waals surface area contributed by atoms with Crippen molar-refractivity contribution in [3.05, 3.63) is 35.4 Å². The summed E-state index contributed by atoms with van der Waals surface area (Å²) in [6.07, 6.45) is 4.93. The van der Waals surface area contributed by atoms with Crippen LogP contribution in [0.1, 0.15) is 56.1 Å². The minimum absolute atomic E-state index is 0.0625. The quantitative estimate of drug-likeness (QED) is 0.0367. The van der Waals surface area contributed by atoms with Gasteiger partial charge in [0.25, 0.3) is 0 Å². The normalized spacial score (nSPS) is 16.1. The molecule has 1 aliphatic carbocycles. The van der Waals surface area contributed by atoms with Crippen LogP contribution in [0.5, 0.6) is 0 Å². The summed E-state index contributed by atoms with van der Waals surface area (Å²) in [7, 11) is 3.10. The van der Waals surface area contributed by atoms with Crippen molar-refractivity contribution in [3.8, 4) is 0 Å². The van der Waals surface area contributed by atoms with Gasteiger partial charge in [0.1, 0.15) is 18.0 Å². The zero-order valence-corrected chi connectivity index (χ0v) is 23.7. The molecule has 0 saturated heterocycles. The van der Waals surface area contributed by atoms with Crippen LogP contribution in [0.3, 0.4) is 0 Å². The van der Waals surface area contributed by atoms with Gasteiger partial charge in [0.15, 0.2) is 11.8 Å². The van der Waals surface area contributed by atoms with E-state index in [-0.39, 0.29) is 37.1 Å². The Hall–Kier alpha value is -4.36. The molecule has 41 heavy (non-hydrogen) atoms. The SMILES string of the molecule is CN(C)C(=O)C(Cc1ccc(C(N)=NO)cc1)C(=O)N[C@H](C(=O)NC(CCCN=C(N)N)C(N)=O)C1CCCCC1. The van der Waals surface area contributed by atoms with E-state index >= 15 is 0 Å². The van der Waals surface area contributed by atoms with Gasteiger partial charge in [-0.05, 0) is 43.6 Å². The number of amidine groups is 1. The summed E-state index contributed by atoms with van der Waals surface area (Å²) in [6, 6.07) is 4.67. The van der Waals surface area contributed by atoms with Crippen molar-refractivity contribution in [1.29, 1.82) is 0 Å². The van der Waals surface area contributed by atoms with Crippen LogP contribution in [0.2, 0.25) is 0 Å². The maximum absolute atomic E-state index is 13.6. The lowest BCUT2D eigenvalue weighted by Gasteiger charge is -2.32. The van der Waals surface area contributed by atoms with Gasteiger partial charge < -0.3 is 43.7 Å². The monoisotopic (exact) mass is 573 g/mol. The highest BCUT2D eigenvalue weighted by atomic mass is 16.4. The lowest BCUT2D eigenvalue weighted by molar-refractivity contribution is -0.142. The molecule has 1 saturated carbocycles. The first-order valence-corrected chi connectivity index (χ1v) is 13.7. The third-order valence-electron chi connectivity index (χ3n) is 7.16. The van der Waals surface area contributed by atoms with E-state index in [0.717, 1.165) is 19.3 Å². The predicted octanol–water partition coefficient (Wildman–Crippen LogP) is -0.883. The van der Waals surface area contributed by atoms with Crippen molar-refractivity contribution in [3.63, 3.8) is 0 Å². The van der Waals surface area contributed by atoms with Gasteiger partial charge in [-0.1, -0.05) is 48.7 Å². The molecule has 0 spiro atoms. The molecular formula is C27H43N9O5. The number of primary amides is 1. The molecule has 1 aromatic carbocycles. The minimum atomic E-state index is -1.12. The number of nitrogens with zero attached hydrogens (tertiary/aromatic N) is 3. The lowest BCUT2D eigenvalue weighted by atomic mass is 9.83. The molecule has 11 N–H and O–H groups in total. The second kappa shape index (κ2) is 16.0. The molecular weight excluding hydrogens is 530 g/mol. The molecule has 3 atom stereocenters. The number of nitrogens with two attached hydrogens (primary N) is 4. The molecule has 0 radical (unpaired) electrons. The molecule has 14 nitrogen and oxygen atoms in total. The van der Waals surface area contributed by atoms with E-state index < -0.39 is 41.6 Å². The van der Waals surface area contributed by atoms with Gasteiger partial charge in [-0.3, -0.25) is 24.2 Å². The summed E-state index contributed by atoms with van der Waals surface area (Å²) in [6.45, 7) is 0.263. The molecule has 1 aliphatic rings. The molecule has 0 heterocycles. The van der Waals surface area contributed by atoms with Crippen molar-refractivity contribution < 1.29 is 24.4 Å². The number of nitrogens with one attached hydrogen (secondary N) is 2. The molecule has 0 aromatic heterocycles. The van der Waals surface area contributed by atoms with Gasteiger partial charge in [0.05, 0.1) is 0 Å². The van der Waals surface area contributed by atoms with Gasteiger partial charge in [0.2, 0.25) is 23.6 Å². The Bertz CT molecular complexity index is 1110. The summed E-state index contributed by atoms with van der Waals surface area (Å²) in [5, 5.41) is 17.4. The third-order valence-corrected chi connectivity index (χ3v) is 7.16. The molecule has 1 aromatic rings. The number of benzene rings is 1. The molecule has 14 heteroatoms. The fraction of sp³-hybridized carbons (Fsp3) is 0.556. The Balaban J connectivity index is 2.26. The van der Waals surface area contributed by atoms with Crippen molar-refractivity contribution >= 4 is 35.4 Å². The van der Waals surface area contributed by atoms with Crippen LogP contribution in [0.15, 0.2) is 34.4 Å². The van der Waals surface area contributed by atoms with E-state index in [1.54, 1.807) is 38.4 Å². The molecule has 2 unspecified atom stereocenters. The minimum Gasteiger partial charge on any atom is -0.409 e. The van der Waals surface area contributed by atoms with Gasteiger partial charge in [-0.25, -0.2) is 0 Å². The van der Waals surface area contributed by atoms with Crippen LogP contribution in [-0.2, 0) is 25.6 Å². The molecule has 4 amide bonds. The maximum atomic E-state index is 13.6. The first-order chi connectivity index (χ1) is 19.4. The lowest BCUT2D eigenvalue weighted by Crippen LogP contribution is -2.57. The summed E-state index contributed by atoms with van der Waals surface area (Å²) in [5.41, 5.74) is 23.0. The van der Waals surface area contributed by atoms with Gasteiger partial charge in [0, 0.05) is 26.2 Å². The van der Waals surface area contributed by atoms with E-state index in [0.29, 0.717) is 30.4 Å². The molecule has 1 fully saturated rings. The Morgan fingerprint density at radius 3 is 2.15 bits per heavy atom.